The molecule has 13 heavy (non-hydrogen) atoms. The van der Waals surface area contributed by atoms with Crippen LogP contribution in [0.3, 0.4) is 0 Å². The topological polar surface area (TPSA) is 17.8 Å². The third-order valence-corrected chi connectivity index (χ3v) is 3.10. The summed E-state index contributed by atoms with van der Waals surface area (Å²) in [6.07, 6.45) is 4.39. The van der Waals surface area contributed by atoms with Crippen molar-refractivity contribution in [1.29, 1.82) is 0 Å². The maximum absolute atomic E-state index is 4.59. The first kappa shape index (κ1) is 10.3. The third-order valence-electron chi connectivity index (χ3n) is 3.10. The summed E-state index contributed by atoms with van der Waals surface area (Å²) in [7, 11) is 2.08. The fraction of sp³-hybridized carbons (Fsp3) is 0.727. The van der Waals surface area contributed by atoms with Gasteiger partial charge < -0.3 is 4.57 Å². The second kappa shape index (κ2) is 3.52. The van der Waals surface area contributed by atoms with Gasteiger partial charge in [0.1, 0.15) is 5.82 Å². The molecule has 0 saturated carbocycles. The first-order valence-corrected chi connectivity index (χ1v) is 5.04. The molecule has 0 unspecified atom stereocenters. The normalized spacial score (nSPS) is 12.1. The molecule has 74 valence electrons. The molecule has 0 aliphatic carbocycles. The van der Waals surface area contributed by atoms with Crippen LogP contribution in [0.1, 0.15) is 45.1 Å². The van der Waals surface area contributed by atoms with Gasteiger partial charge in [-0.3, -0.25) is 0 Å². The first-order valence-electron chi connectivity index (χ1n) is 5.04. The molecule has 0 fully saturated rings. The van der Waals surface area contributed by atoms with E-state index in [1.807, 2.05) is 0 Å². The molecule has 0 radical (unpaired) electrons. The highest BCUT2D eigenvalue weighted by Gasteiger charge is 2.26. The molecule has 0 aliphatic heterocycles. The summed E-state index contributed by atoms with van der Waals surface area (Å²) in [6, 6.07) is 0. The van der Waals surface area contributed by atoms with Crippen LogP contribution >= 0.6 is 0 Å². The maximum atomic E-state index is 4.59. The molecule has 0 saturated heterocycles. The van der Waals surface area contributed by atoms with Gasteiger partial charge in [-0.25, -0.2) is 4.98 Å². The number of hydrogen-bond acceptors (Lipinski definition) is 1. The zero-order chi connectivity index (χ0) is 10.1. The Balaban J connectivity index is 3.11. The van der Waals surface area contributed by atoms with E-state index in [0.29, 0.717) is 0 Å². The maximum Gasteiger partial charge on any atom is 0.114 e. The van der Waals surface area contributed by atoms with Crippen LogP contribution in [0.5, 0.6) is 0 Å². The van der Waals surface area contributed by atoms with Crippen molar-refractivity contribution < 1.29 is 0 Å². The zero-order valence-electron chi connectivity index (χ0n) is 9.39. The third kappa shape index (κ3) is 1.77. The van der Waals surface area contributed by atoms with Gasteiger partial charge in [0.25, 0.3) is 0 Å². The van der Waals surface area contributed by atoms with E-state index in [2.05, 4.69) is 50.5 Å². The fourth-order valence-corrected chi connectivity index (χ4v) is 1.74. The minimum Gasteiger partial charge on any atom is -0.337 e. The second-order valence-corrected chi connectivity index (χ2v) is 4.08. The first-order chi connectivity index (χ1) is 6.03. The highest BCUT2D eigenvalue weighted by Crippen LogP contribution is 2.29. The summed E-state index contributed by atoms with van der Waals surface area (Å²) in [5.74, 6) is 1.22. The lowest BCUT2D eigenvalue weighted by atomic mass is 9.84. The summed E-state index contributed by atoms with van der Waals surface area (Å²) in [4.78, 5) is 4.59. The molecular formula is C11H20N2. The van der Waals surface area contributed by atoms with Crippen molar-refractivity contribution in [3.63, 3.8) is 0 Å². The van der Waals surface area contributed by atoms with Crippen molar-refractivity contribution in [2.45, 2.75) is 46.0 Å². The lowest BCUT2D eigenvalue weighted by Gasteiger charge is -2.25. The summed E-state index contributed by atoms with van der Waals surface area (Å²) in [6.45, 7) is 8.80. The SMILES string of the molecule is CCC(C)(CC)c1nc(C)cn1C. The van der Waals surface area contributed by atoms with Crippen molar-refractivity contribution in [2.75, 3.05) is 0 Å². The van der Waals surface area contributed by atoms with Gasteiger partial charge in [-0.1, -0.05) is 20.8 Å². The molecule has 1 aromatic rings. The molecule has 0 bridgehead atoms. The lowest BCUT2D eigenvalue weighted by molar-refractivity contribution is 0.400. The van der Waals surface area contributed by atoms with Gasteiger partial charge in [-0.2, -0.15) is 0 Å². The molecule has 0 atom stereocenters. The molecule has 0 aromatic carbocycles. The number of rotatable bonds is 3. The van der Waals surface area contributed by atoms with Gasteiger partial charge in [0.15, 0.2) is 0 Å². The smallest absolute Gasteiger partial charge is 0.114 e. The van der Waals surface area contributed by atoms with E-state index in [0.717, 1.165) is 18.5 Å². The van der Waals surface area contributed by atoms with Gasteiger partial charge in [0.05, 0.1) is 5.69 Å². The Morgan fingerprint density at radius 3 is 2.23 bits per heavy atom. The van der Waals surface area contributed by atoms with Gasteiger partial charge in [0, 0.05) is 18.7 Å². The largest absolute Gasteiger partial charge is 0.337 e. The van der Waals surface area contributed by atoms with Crippen LogP contribution in [0.15, 0.2) is 6.20 Å². The van der Waals surface area contributed by atoms with E-state index in [4.69, 9.17) is 0 Å². The predicted molar refractivity (Wildman–Crippen MR) is 55.9 cm³/mol. The predicted octanol–water partition coefficient (Wildman–Crippen LogP) is 2.81. The van der Waals surface area contributed by atoms with E-state index < -0.39 is 0 Å². The Morgan fingerprint density at radius 1 is 1.38 bits per heavy atom. The highest BCUT2D eigenvalue weighted by molar-refractivity contribution is 5.11. The molecule has 2 nitrogen and oxygen atoms in total. The standard InChI is InChI=1S/C11H20N2/c1-6-11(4,7-2)10-12-9(3)8-13(10)5/h8H,6-7H2,1-5H3. The molecule has 0 aliphatic rings. The minimum absolute atomic E-state index is 0.239. The minimum atomic E-state index is 0.239. The number of aryl methyl sites for hydroxylation is 2. The summed E-state index contributed by atoms with van der Waals surface area (Å²) in [5, 5.41) is 0. The van der Waals surface area contributed by atoms with Crippen LogP contribution in [-0.2, 0) is 12.5 Å². The number of hydrogen-bond donors (Lipinski definition) is 0. The van der Waals surface area contributed by atoms with Gasteiger partial charge in [-0.15, -0.1) is 0 Å². The van der Waals surface area contributed by atoms with E-state index in [1.165, 1.54) is 5.82 Å². The van der Waals surface area contributed by atoms with Crippen LogP contribution in [0, 0.1) is 6.92 Å². The monoisotopic (exact) mass is 180 g/mol. The van der Waals surface area contributed by atoms with Crippen molar-refractivity contribution in [3.05, 3.63) is 17.7 Å². The molecule has 1 heterocycles. The highest BCUT2D eigenvalue weighted by atomic mass is 15.1. The Labute approximate surface area is 81.0 Å². The fourth-order valence-electron chi connectivity index (χ4n) is 1.74. The molecule has 0 spiro atoms. The van der Waals surface area contributed by atoms with E-state index >= 15 is 0 Å². The quantitative estimate of drug-likeness (QED) is 0.699. The van der Waals surface area contributed by atoms with E-state index in [1.54, 1.807) is 0 Å². The van der Waals surface area contributed by atoms with E-state index in [9.17, 15) is 0 Å². The van der Waals surface area contributed by atoms with Gasteiger partial charge in [-0.05, 0) is 19.8 Å². The number of imidazole rings is 1. The number of nitrogens with zero attached hydrogens (tertiary/aromatic N) is 2. The zero-order valence-corrected chi connectivity index (χ0v) is 9.39. The van der Waals surface area contributed by atoms with Crippen molar-refractivity contribution in [2.24, 2.45) is 7.05 Å². The molecule has 1 rings (SSSR count). The summed E-state index contributed by atoms with van der Waals surface area (Å²) < 4.78 is 2.16. The van der Waals surface area contributed by atoms with Gasteiger partial charge >= 0.3 is 0 Å². The van der Waals surface area contributed by atoms with Crippen LogP contribution in [-0.4, -0.2) is 9.55 Å². The Hall–Kier alpha value is -0.790. The van der Waals surface area contributed by atoms with Crippen molar-refractivity contribution >= 4 is 0 Å². The average molecular weight is 180 g/mol. The summed E-state index contributed by atoms with van der Waals surface area (Å²) >= 11 is 0. The Kier molecular flexibility index (Phi) is 2.79. The molecule has 0 amide bonds. The lowest BCUT2D eigenvalue weighted by Crippen LogP contribution is -2.24. The van der Waals surface area contributed by atoms with E-state index in [-0.39, 0.29) is 5.41 Å². The van der Waals surface area contributed by atoms with Crippen molar-refractivity contribution in [3.8, 4) is 0 Å². The summed E-state index contributed by atoms with van der Waals surface area (Å²) in [5.41, 5.74) is 1.36. The van der Waals surface area contributed by atoms with Crippen LogP contribution in [0.4, 0.5) is 0 Å². The molecule has 0 N–H and O–H groups in total. The van der Waals surface area contributed by atoms with Gasteiger partial charge in [0.2, 0.25) is 0 Å². The Morgan fingerprint density at radius 2 is 1.92 bits per heavy atom. The molecule has 2 heteroatoms. The Bertz CT molecular complexity index is 282. The van der Waals surface area contributed by atoms with Crippen LogP contribution in [0.2, 0.25) is 0 Å². The van der Waals surface area contributed by atoms with Crippen LogP contribution in [0.25, 0.3) is 0 Å². The molecule has 1 aromatic heterocycles. The number of aromatic nitrogens is 2. The van der Waals surface area contributed by atoms with Crippen molar-refractivity contribution in [1.82, 2.24) is 9.55 Å². The molecular weight excluding hydrogens is 160 g/mol. The second-order valence-electron chi connectivity index (χ2n) is 4.08. The van der Waals surface area contributed by atoms with Crippen LogP contribution < -0.4 is 0 Å². The average Bonchev–Trinajstić information content (AvgIpc) is 2.44.